The standard InChI is InChI=1S/2C19H13NO/c2*21-18-12-6-5-11-17(18)20-19-15-9-3-1-7-13(15)14-8-2-4-10-16(14)19/h2*1-12,21H. The predicted molar refractivity (Wildman–Crippen MR) is 171 cm³/mol. The molecule has 2 N–H and O–H groups in total. The van der Waals surface area contributed by atoms with Crippen molar-refractivity contribution in [1.29, 1.82) is 0 Å². The Balaban J connectivity index is 0.000000137. The normalized spacial score (nSPS) is 11.9. The van der Waals surface area contributed by atoms with Gasteiger partial charge < -0.3 is 10.2 Å². The number of nitrogens with zero attached hydrogens (tertiary/aromatic N) is 2. The third-order valence-electron chi connectivity index (χ3n) is 7.54. The predicted octanol–water partition coefficient (Wildman–Crippen LogP) is 9.08. The van der Waals surface area contributed by atoms with Crippen LogP contribution in [-0.4, -0.2) is 21.6 Å². The van der Waals surface area contributed by atoms with Crippen molar-refractivity contribution in [3.63, 3.8) is 0 Å². The number of benzene rings is 6. The van der Waals surface area contributed by atoms with Crippen LogP contribution in [0.15, 0.2) is 156 Å². The summed E-state index contributed by atoms with van der Waals surface area (Å²) in [5.41, 5.74) is 12.3. The molecule has 0 amide bonds. The minimum Gasteiger partial charge on any atom is -0.506 e. The first-order chi connectivity index (χ1) is 20.7. The Morgan fingerprint density at radius 2 is 0.524 bits per heavy atom. The monoisotopic (exact) mass is 542 g/mol. The fourth-order valence-corrected chi connectivity index (χ4v) is 5.59. The molecular formula is C38H26N2O2. The Kier molecular flexibility index (Phi) is 6.42. The van der Waals surface area contributed by atoms with Crippen molar-refractivity contribution in [3.05, 3.63) is 168 Å². The van der Waals surface area contributed by atoms with E-state index < -0.39 is 0 Å². The average Bonchev–Trinajstić information content (AvgIpc) is 3.53. The van der Waals surface area contributed by atoms with Gasteiger partial charge in [0.25, 0.3) is 0 Å². The van der Waals surface area contributed by atoms with Gasteiger partial charge in [0.05, 0.1) is 11.4 Å². The van der Waals surface area contributed by atoms with Crippen LogP contribution in [0.3, 0.4) is 0 Å². The van der Waals surface area contributed by atoms with Crippen molar-refractivity contribution in [2.75, 3.05) is 0 Å². The number of phenols is 2. The molecule has 0 saturated heterocycles. The van der Waals surface area contributed by atoms with Gasteiger partial charge in [-0.05, 0) is 46.5 Å². The average molecular weight is 543 g/mol. The molecule has 6 aromatic rings. The topological polar surface area (TPSA) is 65.2 Å². The lowest BCUT2D eigenvalue weighted by Gasteiger charge is -2.03. The quantitative estimate of drug-likeness (QED) is 0.229. The number of aromatic hydroxyl groups is 2. The van der Waals surface area contributed by atoms with Crippen LogP contribution in [0.1, 0.15) is 22.3 Å². The minimum atomic E-state index is 0.201. The summed E-state index contributed by atoms with van der Waals surface area (Å²) < 4.78 is 0. The number of hydrogen-bond acceptors (Lipinski definition) is 4. The van der Waals surface area contributed by atoms with E-state index in [9.17, 15) is 10.2 Å². The van der Waals surface area contributed by atoms with E-state index in [4.69, 9.17) is 9.98 Å². The van der Waals surface area contributed by atoms with E-state index in [-0.39, 0.29) is 11.5 Å². The van der Waals surface area contributed by atoms with Crippen molar-refractivity contribution in [2.45, 2.75) is 0 Å². The Bertz CT molecular complexity index is 1780. The van der Waals surface area contributed by atoms with Crippen LogP contribution in [0, 0.1) is 0 Å². The zero-order valence-electron chi connectivity index (χ0n) is 22.6. The Labute approximate surface area is 244 Å². The fraction of sp³-hybridized carbons (Fsp3) is 0. The number of rotatable bonds is 2. The second kappa shape index (κ2) is 10.7. The molecule has 8 rings (SSSR count). The van der Waals surface area contributed by atoms with Crippen molar-refractivity contribution >= 4 is 22.8 Å². The van der Waals surface area contributed by atoms with E-state index in [1.807, 2.05) is 72.8 Å². The largest absolute Gasteiger partial charge is 0.506 e. The summed E-state index contributed by atoms with van der Waals surface area (Å²) >= 11 is 0. The van der Waals surface area contributed by atoms with Gasteiger partial charge in [0, 0.05) is 22.3 Å². The second-order valence-corrected chi connectivity index (χ2v) is 10.1. The van der Waals surface area contributed by atoms with Gasteiger partial charge in [0.15, 0.2) is 0 Å². The zero-order chi connectivity index (χ0) is 28.5. The van der Waals surface area contributed by atoms with Gasteiger partial charge in [-0.15, -0.1) is 0 Å². The molecule has 200 valence electrons. The fourth-order valence-electron chi connectivity index (χ4n) is 5.59. The highest BCUT2D eigenvalue weighted by Crippen LogP contribution is 2.40. The molecule has 0 fully saturated rings. The summed E-state index contributed by atoms with van der Waals surface area (Å²) in [6.07, 6.45) is 0. The molecule has 0 heterocycles. The first-order valence-electron chi connectivity index (χ1n) is 13.8. The molecule has 4 nitrogen and oxygen atoms in total. The van der Waals surface area contributed by atoms with Gasteiger partial charge >= 0.3 is 0 Å². The van der Waals surface area contributed by atoms with E-state index in [1.165, 1.54) is 22.3 Å². The number of fused-ring (bicyclic) bond motifs is 6. The molecule has 0 radical (unpaired) electrons. The van der Waals surface area contributed by atoms with Crippen molar-refractivity contribution in [3.8, 4) is 33.8 Å². The smallest absolute Gasteiger partial charge is 0.141 e. The molecule has 0 aliphatic heterocycles. The highest BCUT2D eigenvalue weighted by atomic mass is 16.3. The SMILES string of the molecule is Oc1ccccc1N=C1c2ccccc2-c2ccccc21.Oc1ccccc1N=C1c2ccccc2-c2ccccc21. The summed E-state index contributed by atoms with van der Waals surface area (Å²) in [5.74, 6) is 0.402. The highest BCUT2D eigenvalue weighted by Gasteiger charge is 2.25. The van der Waals surface area contributed by atoms with E-state index in [0.717, 1.165) is 33.7 Å². The molecule has 4 heteroatoms. The first-order valence-corrected chi connectivity index (χ1v) is 13.8. The molecule has 6 aromatic carbocycles. The summed E-state index contributed by atoms with van der Waals surface area (Å²) in [5, 5.41) is 19.9. The Morgan fingerprint density at radius 1 is 0.286 bits per heavy atom. The van der Waals surface area contributed by atoms with Gasteiger partial charge in [-0.3, -0.25) is 0 Å². The van der Waals surface area contributed by atoms with Crippen molar-refractivity contribution in [2.24, 2.45) is 9.98 Å². The van der Waals surface area contributed by atoms with E-state index >= 15 is 0 Å². The highest BCUT2D eigenvalue weighted by molar-refractivity contribution is 6.26. The third-order valence-corrected chi connectivity index (χ3v) is 7.54. The molecule has 2 aliphatic carbocycles. The van der Waals surface area contributed by atoms with Crippen LogP contribution < -0.4 is 0 Å². The van der Waals surface area contributed by atoms with Gasteiger partial charge in [0.1, 0.15) is 22.9 Å². The van der Waals surface area contributed by atoms with Crippen LogP contribution >= 0.6 is 0 Å². The lowest BCUT2D eigenvalue weighted by molar-refractivity contribution is 0.476. The maximum Gasteiger partial charge on any atom is 0.141 e. The maximum absolute atomic E-state index is 9.96. The molecule has 0 bridgehead atoms. The van der Waals surface area contributed by atoms with E-state index in [1.54, 1.807) is 24.3 Å². The minimum absolute atomic E-state index is 0.201. The van der Waals surface area contributed by atoms with Gasteiger partial charge in [-0.1, -0.05) is 121 Å². The Hall–Kier alpha value is -5.74. The van der Waals surface area contributed by atoms with Crippen molar-refractivity contribution < 1.29 is 10.2 Å². The molecular weight excluding hydrogens is 516 g/mol. The summed E-state index contributed by atoms with van der Waals surface area (Å²) in [6.45, 7) is 0. The zero-order valence-corrected chi connectivity index (χ0v) is 22.6. The molecule has 0 unspecified atom stereocenters. The van der Waals surface area contributed by atoms with Crippen LogP contribution in [-0.2, 0) is 0 Å². The lowest BCUT2D eigenvalue weighted by Crippen LogP contribution is -1.97. The van der Waals surface area contributed by atoms with Gasteiger partial charge in [0.2, 0.25) is 0 Å². The molecule has 42 heavy (non-hydrogen) atoms. The maximum atomic E-state index is 9.96. The molecule has 0 atom stereocenters. The number of para-hydroxylation sites is 4. The Morgan fingerprint density at radius 3 is 0.810 bits per heavy atom. The summed E-state index contributed by atoms with van der Waals surface area (Å²) in [6, 6.07) is 47.3. The molecule has 0 saturated carbocycles. The second-order valence-electron chi connectivity index (χ2n) is 10.1. The van der Waals surface area contributed by atoms with Crippen LogP contribution in [0.25, 0.3) is 22.3 Å². The van der Waals surface area contributed by atoms with Crippen LogP contribution in [0.4, 0.5) is 11.4 Å². The van der Waals surface area contributed by atoms with Gasteiger partial charge in [-0.2, -0.15) is 0 Å². The first kappa shape index (κ1) is 25.2. The van der Waals surface area contributed by atoms with Crippen LogP contribution in [0.2, 0.25) is 0 Å². The van der Waals surface area contributed by atoms with E-state index in [0.29, 0.717) is 11.4 Å². The summed E-state index contributed by atoms with van der Waals surface area (Å²) in [4.78, 5) is 9.41. The van der Waals surface area contributed by atoms with E-state index in [2.05, 4.69) is 48.5 Å². The van der Waals surface area contributed by atoms with Gasteiger partial charge in [-0.25, -0.2) is 9.98 Å². The molecule has 2 aliphatic rings. The number of phenolic OH excluding ortho intramolecular Hbond substituents is 2. The molecule has 0 spiro atoms. The molecule has 0 aromatic heterocycles. The lowest BCUT2D eigenvalue weighted by atomic mass is 10.1. The summed E-state index contributed by atoms with van der Waals surface area (Å²) in [7, 11) is 0. The number of hydrogen-bond donors (Lipinski definition) is 2. The number of aliphatic imine (C=N–C) groups is 2. The van der Waals surface area contributed by atoms with Crippen molar-refractivity contribution in [1.82, 2.24) is 0 Å². The third kappa shape index (κ3) is 4.45. The van der Waals surface area contributed by atoms with Crippen LogP contribution in [0.5, 0.6) is 11.5 Å².